The Morgan fingerprint density at radius 1 is 1.40 bits per heavy atom. The molecule has 0 radical (unpaired) electrons. The first-order chi connectivity index (χ1) is 9.63. The molecule has 4 nitrogen and oxygen atoms in total. The summed E-state index contributed by atoms with van der Waals surface area (Å²) in [4.78, 5) is 4.36. The van der Waals surface area contributed by atoms with Gasteiger partial charge >= 0.3 is 0 Å². The number of rotatable bonds is 6. The van der Waals surface area contributed by atoms with Gasteiger partial charge in [-0.1, -0.05) is 19.0 Å². The van der Waals surface area contributed by atoms with Crippen LogP contribution in [0.1, 0.15) is 26.2 Å². The van der Waals surface area contributed by atoms with Crippen LogP contribution in [-0.4, -0.2) is 22.7 Å². The van der Waals surface area contributed by atoms with Gasteiger partial charge in [0.05, 0.1) is 4.47 Å². The molecule has 1 atom stereocenters. The van der Waals surface area contributed by atoms with Crippen molar-refractivity contribution >= 4 is 15.9 Å². The van der Waals surface area contributed by atoms with Crippen molar-refractivity contribution in [3.63, 3.8) is 0 Å². The highest BCUT2D eigenvalue weighted by Crippen LogP contribution is 2.23. The van der Waals surface area contributed by atoms with E-state index in [1.54, 1.807) is 12.1 Å². The van der Waals surface area contributed by atoms with Crippen LogP contribution in [0, 0.1) is 5.82 Å². The van der Waals surface area contributed by atoms with Gasteiger partial charge in [0.15, 0.2) is 0 Å². The first kappa shape index (κ1) is 15.1. The molecular formula is C14H17BrFN3O. The zero-order chi connectivity index (χ0) is 14.5. The molecule has 0 amide bonds. The van der Waals surface area contributed by atoms with E-state index in [9.17, 15) is 4.39 Å². The lowest BCUT2D eigenvalue weighted by atomic mass is 10.1. The Morgan fingerprint density at radius 3 is 2.85 bits per heavy atom. The van der Waals surface area contributed by atoms with E-state index < -0.39 is 0 Å². The average Bonchev–Trinajstić information content (AvgIpc) is 2.90. The molecule has 0 fully saturated rings. The van der Waals surface area contributed by atoms with Crippen LogP contribution in [0.25, 0.3) is 11.4 Å². The van der Waals surface area contributed by atoms with Crippen LogP contribution in [0.2, 0.25) is 0 Å². The van der Waals surface area contributed by atoms with Crippen molar-refractivity contribution in [3.8, 4) is 11.4 Å². The molecule has 0 bridgehead atoms. The molecule has 1 aromatic carbocycles. The molecule has 0 aliphatic heterocycles. The fraction of sp³-hybridized carbons (Fsp3) is 0.429. The summed E-state index contributed by atoms with van der Waals surface area (Å²) < 4.78 is 18.8. The highest BCUT2D eigenvalue weighted by molar-refractivity contribution is 9.10. The summed E-state index contributed by atoms with van der Waals surface area (Å²) >= 11 is 3.15. The van der Waals surface area contributed by atoms with Crippen molar-refractivity contribution in [2.45, 2.75) is 32.7 Å². The largest absolute Gasteiger partial charge is 0.339 e. The van der Waals surface area contributed by atoms with Crippen LogP contribution in [0.3, 0.4) is 0 Å². The van der Waals surface area contributed by atoms with Crippen molar-refractivity contribution < 1.29 is 8.91 Å². The minimum atomic E-state index is -0.310. The van der Waals surface area contributed by atoms with Gasteiger partial charge < -0.3 is 9.84 Å². The van der Waals surface area contributed by atoms with E-state index in [4.69, 9.17) is 4.52 Å². The lowest BCUT2D eigenvalue weighted by molar-refractivity contribution is 0.355. The molecule has 0 aliphatic carbocycles. The summed E-state index contributed by atoms with van der Waals surface area (Å²) in [5.74, 6) is 0.760. The van der Waals surface area contributed by atoms with Gasteiger partial charge in [-0.15, -0.1) is 0 Å². The Hall–Kier alpha value is -1.27. The summed E-state index contributed by atoms with van der Waals surface area (Å²) in [6.07, 6.45) is 1.69. The van der Waals surface area contributed by atoms with Gasteiger partial charge in [-0.3, -0.25) is 0 Å². The molecule has 1 aromatic heterocycles. The molecule has 0 saturated heterocycles. The van der Waals surface area contributed by atoms with Gasteiger partial charge in [-0.2, -0.15) is 4.98 Å². The van der Waals surface area contributed by atoms with E-state index in [2.05, 4.69) is 45.2 Å². The molecule has 1 unspecified atom stereocenters. The van der Waals surface area contributed by atoms with Gasteiger partial charge in [0.2, 0.25) is 11.7 Å². The third-order valence-electron chi connectivity index (χ3n) is 3.05. The first-order valence-electron chi connectivity index (χ1n) is 6.65. The second kappa shape index (κ2) is 6.95. The van der Waals surface area contributed by atoms with Crippen LogP contribution in [0.15, 0.2) is 27.2 Å². The lowest BCUT2D eigenvalue weighted by Crippen LogP contribution is -2.30. The second-order valence-corrected chi connectivity index (χ2v) is 5.36. The van der Waals surface area contributed by atoms with Crippen LogP contribution in [0.5, 0.6) is 0 Å². The Balaban J connectivity index is 2.13. The van der Waals surface area contributed by atoms with Crippen LogP contribution in [-0.2, 0) is 6.42 Å². The zero-order valence-electron chi connectivity index (χ0n) is 11.5. The van der Waals surface area contributed by atoms with Gasteiger partial charge in [0.1, 0.15) is 5.82 Å². The highest BCUT2D eigenvalue weighted by atomic mass is 79.9. The van der Waals surface area contributed by atoms with Gasteiger partial charge in [-0.05, 0) is 47.1 Å². The van der Waals surface area contributed by atoms with Crippen LogP contribution < -0.4 is 5.32 Å². The Morgan fingerprint density at radius 2 is 2.20 bits per heavy atom. The minimum Gasteiger partial charge on any atom is -0.339 e. The number of nitrogens with zero attached hydrogens (tertiary/aromatic N) is 2. The quantitative estimate of drug-likeness (QED) is 0.872. The number of halogens is 2. The van der Waals surface area contributed by atoms with Gasteiger partial charge in [0, 0.05) is 18.0 Å². The third kappa shape index (κ3) is 3.64. The summed E-state index contributed by atoms with van der Waals surface area (Å²) in [6.45, 7) is 5.09. The molecule has 2 rings (SSSR count). The number of likely N-dealkylation sites (N-methyl/N-ethyl adjacent to an activating group) is 1. The molecule has 0 saturated carbocycles. The summed E-state index contributed by atoms with van der Waals surface area (Å²) in [5, 5.41) is 7.31. The minimum absolute atomic E-state index is 0.310. The number of hydrogen-bond acceptors (Lipinski definition) is 4. The normalized spacial score (nSPS) is 12.6. The first-order valence-corrected chi connectivity index (χ1v) is 7.44. The van der Waals surface area contributed by atoms with Crippen molar-refractivity contribution in [2.24, 2.45) is 0 Å². The number of aromatic nitrogens is 2. The van der Waals surface area contributed by atoms with Gasteiger partial charge in [0.25, 0.3) is 0 Å². The maximum atomic E-state index is 13.2. The predicted octanol–water partition coefficient (Wildman–Crippen LogP) is 3.57. The van der Waals surface area contributed by atoms with E-state index in [0.29, 0.717) is 28.7 Å². The SMILES string of the molecule is CCNC(CC)Cc1nc(-c2ccc(F)c(Br)c2)no1. The molecule has 1 heterocycles. The van der Waals surface area contributed by atoms with Gasteiger partial charge in [-0.25, -0.2) is 4.39 Å². The molecule has 0 aliphatic rings. The topological polar surface area (TPSA) is 51.0 Å². The predicted molar refractivity (Wildman–Crippen MR) is 78.9 cm³/mol. The zero-order valence-corrected chi connectivity index (χ0v) is 13.1. The van der Waals surface area contributed by atoms with Crippen molar-refractivity contribution in [1.82, 2.24) is 15.5 Å². The Labute approximate surface area is 125 Å². The summed E-state index contributed by atoms with van der Waals surface area (Å²) in [5.41, 5.74) is 0.727. The van der Waals surface area contributed by atoms with Crippen molar-refractivity contribution in [1.29, 1.82) is 0 Å². The van der Waals surface area contributed by atoms with Crippen LogP contribution >= 0.6 is 15.9 Å². The number of nitrogens with one attached hydrogen (secondary N) is 1. The number of hydrogen-bond donors (Lipinski definition) is 1. The third-order valence-corrected chi connectivity index (χ3v) is 3.66. The summed E-state index contributed by atoms with van der Waals surface area (Å²) in [6, 6.07) is 4.98. The maximum absolute atomic E-state index is 13.2. The molecule has 108 valence electrons. The molecular weight excluding hydrogens is 325 g/mol. The fourth-order valence-electron chi connectivity index (χ4n) is 1.95. The van der Waals surface area contributed by atoms with Crippen LogP contribution in [0.4, 0.5) is 4.39 Å². The average molecular weight is 342 g/mol. The smallest absolute Gasteiger partial charge is 0.228 e. The molecule has 20 heavy (non-hydrogen) atoms. The second-order valence-electron chi connectivity index (χ2n) is 4.51. The molecule has 2 aromatic rings. The van der Waals surface area contributed by atoms with Crippen molar-refractivity contribution in [3.05, 3.63) is 34.4 Å². The molecule has 1 N–H and O–H groups in total. The van der Waals surface area contributed by atoms with E-state index in [1.165, 1.54) is 6.07 Å². The van der Waals surface area contributed by atoms with E-state index in [0.717, 1.165) is 18.5 Å². The van der Waals surface area contributed by atoms with Crippen molar-refractivity contribution in [2.75, 3.05) is 6.54 Å². The summed E-state index contributed by atoms with van der Waals surface area (Å²) in [7, 11) is 0. The Kier molecular flexibility index (Phi) is 5.25. The van der Waals surface area contributed by atoms with E-state index in [-0.39, 0.29) is 5.82 Å². The Bertz CT molecular complexity index is 573. The van der Waals surface area contributed by atoms with E-state index in [1.807, 2.05) is 0 Å². The molecule has 6 heteroatoms. The maximum Gasteiger partial charge on any atom is 0.228 e. The standard InChI is InChI=1S/C14H17BrFN3O/c1-3-10(17-4-2)8-13-18-14(19-20-13)9-5-6-12(16)11(15)7-9/h5-7,10,17H,3-4,8H2,1-2H3. The lowest BCUT2D eigenvalue weighted by Gasteiger charge is -2.12. The fourth-order valence-corrected chi connectivity index (χ4v) is 2.33. The monoisotopic (exact) mass is 341 g/mol. The molecule has 0 spiro atoms. The number of benzene rings is 1. The highest BCUT2D eigenvalue weighted by Gasteiger charge is 2.14. The van der Waals surface area contributed by atoms with E-state index >= 15 is 0 Å².